The second-order valence-corrected chi connectivity index (χ2v) is 6.48. The molecule has 2 aromatic rings. The molecular weight excluding hydrogens is 306 g/mol. The Labute approximate surface area is 128 Å². The van der Waals surface area contributed by atoms with Gasteiger partial charge in [-0.15, -0.1) is 0 Å². The Morgan fingerprint density at radius 3 is 2.41 bits per heavy atom. The zero-order chi connectivity index (χ0) is 16.0. The molecule has 0 spiro atoms. The van der Waals surface area contributed by atoms with Gasteiger partial charge < -0.3 is 15.1 Å². The van der Waals surface area contributed by atoms with Gasteiger partial charge in [0.1, 0.15) is 5.76 Å². The highest BCUT2D eigenvalue weighted by Crippen LogP contribution is 2.14. The smallest absolute Gasteiger partial charge is 0.319 e. The van der Waals surface area contributed by atoms with Crippen molar-refractivity contribution in [2.75, 3.05) is 15.8 Å². The molecule has 8 heteroatoms. The molecule has 0 bridgehead atoms. The third kappa shape index (κ3) is 4.81. The summed E-state index contributed by atoms with van der Waals surface area (Å²) in [6, 6.07) is 9.50. The van der Waals surface area contributed by atoms with Crippen LogP contribution in [0.3, 0.4) is 0 Å². The van der Waals surface area contributed by atoms with Gasteiger partial charge in [0.25, 0.3) is 0 Å². The van der Waals surface area contributed by atoms with Crippen molar-refractivity contribution < 1.29 is 17.6 Å². The van der Waals surface area contributed by atoms with Crippen LogP contribution < -0.4 is 15.4 Å². The van der Waals surface area contributed by atoms with E-state index in [-0.39, 0.29) is 18.3 Å². The van der Waals surface area contributed by atoms with Crippen LogP contribution in [0.2, 0.25) is 0 Å². The molecule has 0 aliphatic carbocycles. The maximum absolute atomic E-state index is 11.7. The summed E-state index contributed by atoms with van der Waals surface area (Å²) in [6.45, 7) is 1.84. The first kappa shape index (κ1) is 15.9. The molecule has 0 atom stereocenters. The lowest BCUT2D eigenvalue weighted by Gasteiger charge is -2.09. The quantitative estimate of drug-likeness (QED) is 0.759. The van der Waals surface area contributed by atoms with E-state index < -0.39 is 10.0 Å². The molecule has 0 aliphatic rings. The number of carbonyl (C=O) groups is 1. The Balaban J connectivity index is 1.86. The van der Waals surface area contributed by atoms with Crippen LogP contribution in [0.5, 0.6) is 0 Å². The van der Waals surface area contributed by atoms with Crippen LogP contribution in [-0.4, -0.2) is 20.2 Å². The summed E-state index contributed by atoms with van der Waals surface area (Å²) >= 11 is 0. The molecule has 7 nitrogen and oxygen atoms in total. The van der Waals surface area contributed by atoms with Gasteiger partial charge in [-0.3, -0.25) is 4.72 Å². The molecule has 1 aromatic carbocycles. The normalized spacial score (nSPS) is 11.0. The van der Waals surface area contributed by atoms with Crippen LogP contribution in [-0.2, 0) is 16.6 Å². The summed E-state index contributed by atoms with van der Waals surface area (Å²) in [4.78, 5) is 11.7. The first-order valence-electron chi connectivity index (χ1n) is 6.66. The summed E-state index contributed by atoms with van der Waals surface area (Å²) in [5.74, 6) is 0.654. The average molecular weight is 323 g/mol. The average Bonchev–Trinajstić information content (AvgIpc) is 3.00. The van der Waals surface area contributed by atoms with Crippen molar-refractivity contribution in [2.24, 2.45) is 0 Å². The van der Waals surface area contributed by atoms with E-state index in [1.807, 2.05) is 0 Å². The molecule has 0 fully saturated rings. The molecule has 3 N–H and O–H groups in total. The zero-order valence-corrected chi connectivity index (χ0v) is 12.8. The van der Waals surface area contributed by atoms with E-state index in [2.05, 4.69) is 15.4 Å². The zero-order valence-electron chi connectivity index (χ0n) is 12.0. The number of nitrogens with one attached hydrogen (secondary N) is 3. The fraction of sp³-hybridized carbons (Fsp3) is 0.214. The molecule has 0 saturated heterocycles. The molecule has 0 unspecified atom stereocenters. The predicted molar refractivity (Wildman–Crippen MR) is 84.1 cm³/mol. The van der Waals surface area contributed by atoms with Gasteiger partial charge in [0.05, 0.1) is 18.6 Å². The standard InChI is InChI=1S/C14H17N3O4S/c1-2-22(19,20)17-12-7-5-11(6-8-12)16-14(18)15-10-13-4-3-9-21-13/h3-9,17H,2,10H2,1H3,(H2,15,16,18). The number of furan rings is 1. The van der Waals surface area contributed by atoms with E-state index in [0.717, 1.165) is 0 Å². The maximum atomic E-state index is 11.7. The van der Waals surface area contributed by atoms with Gasteiger partial charge in [-0.1, -0.05) is 0 Å². The van der Waals surface area contributed by atoms with E-state index in [1.54, 1.807) is 43.3 Å². The van der Waals surface area contributed by atoms with Crippen molar-refractivity contribution in [3.05, 3.63) is 48.4 Å². The van der Waals surface area contributed by atoms with Gasteiger partial charge in [0, 0.05) is 11.4 Å². The minimum Gasteiger partial charge on any atom is -0.467 e. The highest BCUT2D eigenvalue weighted by molar-refractivity contribution is 7.92. The number of carbonyl (C=O) groups excluding carboxylic acids is 1. The first-order valence-corrected chi connectivity index (χ1v) is 8.31. The van der Waals surface area contributed by atoms with Gasteiger partial charge in [0.2, 0.25) is 10.0 Å². The Kier molecular flexibility index (Phi) is 5.05. The number of urea groups is 1. The SMILES string of the molecule is CCS(=O)(=O)Nc1ccc(NC(=O)NCc2ccco2)cc1. The number of anilines is 2. The van der Waals surface area contributed by atoms with E-state index in [4.69, 9.17) is 4.42 Å². The molecule has 118 valence electrons. The minimum absolute atomic E-state index is 0.00217. The van der Waals surface area contributed by atoms with Crippen molar-refractivity contribution in [3.63, 3.8) is 0 Å². The number of benzene rings is 1. The first-order chi connectivity index (χ1) is 10.5. The molecule has 1 heterocycles. The van der Waals surface area contributed by atoms with Gasteiger partial charge in [-0.05, 0) is 43.3 Å². The van der Waals surface area contributed by atoms with Crippen LogP contribution in [0.25, 0.3) is 0 Å². The lowest BCUT2D eigenvalue weighted by atomic mass is 10.3. The molecule has 1 aromatic heterocycles. The summed E-state index contributed by atoms with van der Waals surface area (Å²) < 4.78 is 30.4. The van der Waals surface area contributed by atoms with Gasteiger partial charge in [0.15, 0.2) is 0 Å². The molecule has 2 amide bonds. The summed E-state index contributed by atoms with van der Waals surface area (Å²) in [7, 11) is -3.30. The van der Waals surface area contributed by atoms with E-state index in [0.29, 0.717) is 17.1 Å². The number of hydrogen-bond acceptors (Lipinski definition) is 4. The van der Waals surface area contributed by atoms with E-state index in [1.165, 1.54) is 6.26 Å². The van der Waals surface area contributed by atoms with Crippen LogP contribution in [0.4, 0.5) is 16.2 Å². The third-order valence-corrected chi connectivity index (χ3v) is 4.11. The monoisotopic (exact) mass is 323 g/mol. The molecular formula is C14H17N3O4S. The second-order valence-electron chi connectivity index (χ2n) is 4.47. The van der Waals surface area contributed by atoms with E-state index >= 15 is 0 Å². The third-order valence-electron chi connectivity index (χ3n) is 2.80. The molecule has 0 aliphatic heterocycles. The molecule has 0 radical (unpaired) electrons. The topological polar surface area (TPSA) is 100 Å². The fourth-order valence-corrected chi connectivity index (χ4v) is 2.27. The summed E-state index contributed by atoms with van der Waals surface area (Å²) in [5.41, 5.74) is 1.000. The Morgan fingerprint density at radius 1 is 1.14 bits per heavy atom. The Hall–Kier alpha value is -2.48. The van der Waals surface area contributed by atoms with Crippen molar-refractivity contribution in [1.29, 1.82) is 0 Å². The van der Waals surface area contributed by atoms with E-state index in [9.17, 15) is 13.2 Å². The minimum atomic E-state index is -3.30. The maximum Gasteiger partial charge on any atom is 0.319 e. The van der Waals surface area contributed by atoms with Crippen LogP contribution in [0.15, 0.2) is 47.1 Å². The molecule has 22 heavy (non-hydrogen) atoms. The highest BCUT2D eigenvalue weighted by atomic mass is 32.2. The lowest BCUT2D eigenvalue weighted by Crippen LogP contribution is -2.27. The van der Waals surface area contributed by atoms with Crippen molar-refractivity contribution >= 4 is 27.4 Å². The van der Waals surface area contributed by atoms with Gasteiger partial charge in [-0.25, -0.2) is 13.2 Å². The number of hydrogen-bond donors (Lipinski definition) is 3. The van der Waals surface area contributed by atoms with Crippen LogP contribution >= 0.6 is 0 Å². The lowest BCUT2D eigenvalue weighted by molar-refractivity contribution is 0.251. The fourth-order valence-electron chi connectivity index (χ4n) is 1.63. The predicted octanol–water partition coefficient (Wildman–Crippen LogP) is 2.36. The second kappa shape index (κ2) is 6.99. The molecule has 2 rings (SSSR count). The summed E-state index contributed by atoms with van der Waals surface area (Å²) in [6.07, 6.45) is 1.53. The Morgan fingerprint density at radius 2 is 1.82 bits per heavy atom. The number of sulfonamides is 1. The van der Waals surface area contributed by atoms with Gasteiger partial charge in [-0.2, -0.15) is 0 Å². The number of amides is 2. The largest absolute Gasteiger partial charge is 0.467 e. The van der Waals surface area contributed by atoms with Crippen molar-refractivity contribution in [1.82, 2.24) is 5.32 Å². The Bertz CT molecular complexity index is 709. The van der Waals surface area contributed by atoms with Crippen LogP contribution in [0, 0.1) is 0 Å². The van der Waals surface area contributed by atoms with Crippen molar-refractivity contribution in [3.8, 4) is 0 Å². The molecule has 0 saturated carbocycles. The highest BCUT2D eigenvalue weighted by Gasteiger charge is 2.07. The number of rotatable bonds is 6. The summed E-state index contributed by atoms with van der Waals surface area (Å²) in [5, 5.41) is 5.28. The van der Waals surface area contributed by atoms with Crippen molar-refractivity contribution in [2.45, 2.75) is 13.5 Å². The van der Waals surface area contributed by atoms with Crippen LogP contribution in [0.1, 0.15) is 12.7 Å². The van der Waals surface area contributed by atoms with Gasteiger partial charge >= 0.3 is 6.03 Å².